The van der Waals surface area contributed by atoms with Gasteiger partial charge in [0.05, 0.1) is 0 Å². The van der Waals surface area contributed by atoms with Gasteiger partial charge in [0.2, 0.25) is 0 Å². The third kappa shape index (κ3) is 3.00. The normalized spacial score (nSPS) is 9.89. The third-order valence-electron chi connectivity index (χ3n) is 2.02. The summed E-state index contributed by atoms with van der Waals surface area (Å²) < 4.78 is 9.49. The SMILES string of the molecule is O=C(O)Oc1[nH]c(=O)[nH]c(=O)c1Oc1ccccc1. The van der Waals surface area contributed by atoms with Crippen molar-refractivity contribution in [2.24, 2.45) is 0 Å². The molecule has 19 heavy (non-hydrogen) atoms. The highest BCUT2D eigenvalue weighted by Crippen LogP contribution is 2.24. The lowest BCUT2D eigenvalue weighted by Crippen LogP contribution is -2.25. The van der Waals surface area contributed by atoms with E-state index in [0.717, 1.165) is 0 Å². The van der Waals surface area contributed by atoms with Crippen LogP contribution in [0.1, 0.15) is 0 Å². The second kappa shape index (κ2) is 5.08. The molecule has 0 unspecified atom stereocenters. The van der Waals surface area contributed by atoms with Crippen molar-refractivity contribution in [3.8, 4) is 17.4 Å². The van der Waals surface area contributed by atoms with Crippen molar-refractivity contribution >= 4 is 6.16 Å². The third-order valence-corrected chi connectivity index (χ3v) is 2.02. The Morgan fingerprint density at radius 2 is 1.79 bits per heavy atom. The molecule has 0 aliphatic carbocycles. The summed E-state index contributed by atoms with van der Waals surface area (Å²) in [6.45, 7) is 0. The molecule has 2 rings (SSSR count). The predicted octanol–water partition coefficient (Wildman–Crippen LogP) is 0.912. The first-order valence-corrected chi connectivity index (χ1v) is 5.06. The first-order valence-electron chi connectivity index (χ1n) is 5.06. The van der Waals surface area contributed by atoms with Gasteiger partial charge < -0.3 is 14.6 Å². The van der Waals surface area contributed by atoms with Crippen molar-refractivity contribution in [3.05, 3.63) is 51.2 Å². The second-order valence-corrected chi connectivity index (χ2v) is 3.35. The van der Waals surface area contributed by atoms with E-state index < -0.39 is 29.0 Å². The second-order valence-electron chi connectivity index (χ2n) is 3.35. The maximum atomic E-state index is 11.6. The number of nitrogens with one attached hydrogen (secondary N) is 2. The number of aromatic nitrogens is 2. The molecule has 0 radical (unpaired) electrons. The van der Waals surface area contributed by atoms with E-state index >= 15 is 0 Å². The Hall–Kier alpha value is -3.03. The molecule has 0 aliphatic rings. The Morgan fingerprint density at radius 3 is 2.42 bits per heavy atom. The van der Waals surface area contributed by atoms with Crippen LogP contribution in [-0.4, -0.2) is 21.2 Å². The molecule has 8 heteroatoms. The van der Waals surface area contributed by atoms with Gasteiger partial charge in [-0.1, -0.05) is 18.2 Å². The molecule has 1 aromatic heterocycles. The molecule has 3 N–H and O–H groups in total. The largest absolute Gasteiger partial charge is 0.512 e. The van der Waals surface area contributed by atoms with Crippen LogP contribution in [-0.2, 0) is 0 Å². The van der Waals surface area contributed by atoms with Crippen molar-refractivity contribution in [2.75, 3.05) is 0 Å². The van der Waals surface area contributed by atoms with Gasteiger partial charge in [0.1, 0.15) is 5.75 Å². The van der Waals surface area contributed by atoms with Gasteiger partial charge in [-0.2, -0.15) is 0 Å². The Morgan fingerprint density at radius 1 is 1.11 bits per heavy atom. The van der Waals surface area contributed by atoms with Crippen molar-refractivity contribution < 1.29 is 19.4 Å². The highest BCUT2D eigenvalue weighted by molar-refractivity contribution is 5.61. The molecule has 1 aromatic carbocycles. The number of ether oxygens (including phenoxy) is 2. The summed E-state index contributed by atoms with van der Waals surface area (Å²) in [6, 6.07) is 8.16. The summed E-state index contributed by atoms with van der Waals surface area (Å²) in [5, 5.41) is 8.53. The fraction of sp³-hybridized carbons (Fsp3) is 0. The Bertz CT molecular complexity index is 703. The molecular formula is C11H8N2O6. The number of aromatic amines is 2. The smallest absolute Gasteiger partial charge is 0.449 e. The van der Waals surface area contributed by atoms with Gasteiger partial charge in [0, 0.05) is 0 Å². The number of carboxylic acid groups (broad SMARTS) is 1. The average molecular weight is 264 g/mol. The highest BCUT2D eigenvalue weighted by atomic mass is 16.7. The molecule has 0 amide bonds. The molecule has 98 valence electrons. The molecular weight excluding hydrogens is 256 g/mol. The highest BCUT2D eigenvalue weighted by Gasteiger charge is 2.16. The quantitative estimate of drug-likeness (QED) is 0.708. The topological polar surface area (TPSA) is 121 Å². The lowest BCUT2D eigenvalue weighted by atomic mass is 10.3. The van der Waals surface area contributed by atoms with Crippen LogP contribution in [0.4, 0.5) is 4.79 Å². The van der Waals surface area contributed by atoms with Crippen LogP contribution in [0.3, 0.4) is 0 Å². The van der Waals surface area contributed by atoms with Crippen LogP contribution in [0.5, 0.6) is 17.4 Å². The van der Waals surface area contributed by atoms with E-state index in [4.69, 9.17) is 9.84 Å². The molecule has 2 aromatic rings. The Labute approximate surface area is 105 Å². The van der Waals surface area contributed by atoms with Crippen LogP contribution in [0, 0.1) is 0 Å². The lowest BCUT2D eigenvalue weighted by molar-refractivity contribution is 0.140. The van der Waals surface area contributed by atoms with E-state index in [2.05, 4.69) is 4.74 Å². The van der Waals surface area contributed by atoms with E-state index in [9.17, 15) is 14.4 Å². The minimum Gasteiger partial charge on any atom is -0.449 e. The van der Waals surface area contributed by atoms with E-state index in [1.54, 1.807) is 30.3 Å². The molecule has 0 fully saturated rings. The van der Waals surface area contributed by atoms with Gasteiger partial charge in [0.15, 0.2) is 0 Å². The van der Waals surface area contributed by atoms with Crippen LogP contribution in [0.15, 0.2) is 39.9 Å². The summed E-state index contributed by atoms with van der Waals surface area (Å²) in [6.07, 6.45) is -1.68. The molecule has 1 heterocycles. The number of benzene rings is 1. The van der Waals surface area contributed by atoms with E-state index in [0.29, 0.717) is 0 Å². The minimum absolute atomic E-state index is 0.287. The van der Waals surface area contributed by atoms with E-state index in [-0.39, 0.29) is 5.75 Å². The van der Waals surface area contributed by atoms with E-state index in [1.807, 2.05) is 9.97 Å². The number of H-pyrrole nitrogens is 2. The molecule has 0 atom stereocenters. The fourth-order valence-electron chi connectivity index (χ4n) is 1.31. The maximum absolute atomic E-state index is 11.6. The van der Waals surface area contributed by atoms with Crippen molar-refractivity contribution in [1.82, 2.24) is 9.97 Å². The van der Waals surface area contributed by atoms with Gasteiger partial charge >= 0.3 is 17.4 Å². The van der Waals surface area contributed by atoms with Gasteiger partial charge in [0.25, 0.3) is 11.6 Å². The Kier molecular flexibility index (Phi) is 3.33. The fourth-order valence-corrected chi connectivity index (χ4v) is 1.31. The first-order chi connectivity index (χ1) is 9.06. The summed E-state index contributed by atoms with van der Waals surface area (Å²) in [5.74, 6) is -0.742. The van der Waals surface area contributed by atoms with Gasteiger partial charge in [-0.3, -0.25) is 14.8 Å². The number of carbonyl (C=O) groups is 1. The van der Waals surface area contributed by atoms with Crippen LogP contribution in [0.2, 0.25) is 0 Å². The predicted molar refractivity (Wildman–Crippen MR) is 62.9 cm³/mol. The average Bonchev–Trinajstić information content (AvgIpc) is 2.34. The summed E-state index contributed by atoms with van der Waals surface area (Å²) in [7, 11) is 0. The summed E-state index contributed by atoms with van der Waals surface area (Å²) in [4.78, 5) is 37.1. The standard InChI is InChI=1S/C11H8N2O6/c14-8-7(18-6-4-2-1-3-5-6)9(19-11(16)17)13-10(15)12-8/h1-5H,(H,16,17)(H2,12,13,14,15). The lowest BCUT2D eigenvalue weighted by Gasteiger charge is -2.07. The number of hydrogen-bond acceptors (Lipinski definition) is 5. The van der Waals surface area contributed by atoms with Crippen molar-refractivity contribution in [1.29, 1.82) is 0 Å². The zero-order valence-corrected chi connectivity index (χ0v) is 9.38. The van der Waals surface area contributed by atoms with Gasteiger partial charge in [-0.15, -0.1) is 0 Å². The van der Waals surface area contributed by atoms with Crippen molar-refractivity contribution in [2.45, 2.75) is 0 Å². The molecule has 8 nitrogen and oxygen atoms in total. The van der Waals surface area contributed by atoms with Crippen LogP contribution < -0.4 is 20.7 Å². The summed E-state index contributed by atoms with van der Waals surface area (Å²) >= 11 is 0. The zero-order valence-electron chi connectivity index (χ0n) is 9.38. The number of rotatable bonds is 3. The molecule has 0 bridgehead atoms. The summed E-state index contributed by atoms with van der Waals surface area (Å²) in [5.41, 5.74) is -1.80. The molecule has 0 saturated heterocycles. The molecule has 0 saturated carbocycles. The van der Waals surface area contributed by atoms with Crippen LogP contribution in [0.25, 0.3) is 0 Å². The molecule has 0 aliphatic heterocycles. The minimum atomic E-state index is -1.68. The monoisotopic (exact) mass is 264 g/mol. The number of para-hydroxylation sites is 1. The Balaban J connectivity index is 2.46. The first kappa shape index (κ1) is 12.4. The van der Waals surface area contributed by atoms with E-state index in [1.165, 1.54) is 0 Å². The van der Waals surface area contributed by atoms with Gasteiger partial charge in [-0.25, -0.2) is 9.59 Å². The maximum Gasteiger partial charge on any atom is 0.512 e. The molecule has 0 spiro atoms. The number of hydrogen-bond donors (Lipinski definition) is 3. The zero-order chi connectivity index (χ0) is 13.8. The van der Waals surface area contributed by atoms with Gasteiger partial charge in [-0.05, 0) is 12.1 Å². The van der Waals surface area contributed by atoms with Crippen LogP contribution >= 0.6 is 0 Å². The van der Waals surface area contributed by atoms with Crippen molar-refractivity contribution in [3.63, 3.8) is 0 Å².